The largest absolute Gasteiger partial charge is 0.481 e. The quantitative estimate of drug-likeness (QED) is 0.322. The molecular formula is C31H50O3. The minimum atomic E-state index is -0.652. The molecule has 2 N–H and O–H groups in total. The zero-order valence-corrected chi connectivity index (χ0v) is 22.6. The van der Waals surface area contributed by atoms with E-state index in [-0.39, 0.29) is 22.9 Å². The second kappa shape index (κ2) is 8.79. The van der Waals surface area contributed by atoms with Crippen LogP contribution in [0.3, 0.4) is 0 Å². The Morgan fingerprint density at radius 2 is 1.74 bits per heavy atom. The van der Waals surface area contributed by atoms with Gasteiger partial charge in [-0.25, -0.2) is 0 Å². The van der Waals surface area contributed by atoms with Crippen molar-refractivity contribution in [3.05, 3.63) is 24.3 Å². The van der Waals surface area contributed by atoms with Crippen LogP contribution < -0.4 is 0 Å². The van der Waals surface area contributed by atoms with Gasteiger partial charge in [-0.3, -0.25) is 4.79 Å². The molecule has 34 heavy (non-hydrogen) atoms. The van der Waals surface area contributed by atoms with E-state index in [0.717, 1.165) is 19.3 Å². The Labute approximate surface area is 208 Å². The van der Waals surface area contributed by atoms with Crippen LogP contribution in [0.15, 0.2) is 24.3 Å². The van der Waals surface area contributed by atoms with Gasteiger partial charge >= 0.3 is 5.97 Å². The maximum absolute atomic E-state index is 11.6. The van der Waals surface area contributed by atoms with Crippen LogP contribution >= 0.6 is 0 Å². The van der Waals surface area contributed by atoms with Crippen LogP contribution in [0.2, 0.25) is 0 Å². The highest BCUT2D eigenvalue weighted by molar-refractivity contribution is 5.67. The molecule has 0 aromatic rings. The number of hydrogen-bond acceptors (Lipinski definition) is 2. The van der Waals surface area contributed by atoms with E-state index >= 15 is 0 Å². The van der Waals surface area contributed by atoms with Crippen LogP contribution in [0.25, 0.3) is 0 Å². The number of carboxylic acids is 1. The minimum Gasteiger partial charge on any atom is -0.481 e. The number of aliphatic hydroxyl groups excluding tert-OH is 1. The fourth-order valence-corrected chi connectivity index (χ4v) is 10.2. The topological polar surface area (TPSA) is 57.5 Å². The van der Waals surface area contributed by atoms with Crippen molar-refractivity contribution < 1.29 is 15.0 Å². The van der Waals surface area contributed by atoms with Gasteiger partial charge in [-0.15, -0.1) is 0 Å². The van der Waals surface area contributed by atoms with Crippen LogP contribution in [0, 0.1) is 51.2 Å². The summed E-state index contributed by atoms with van der Waals surface area (Å²) in [7, 11) is 0. The van der Waals surface area contributed by atoms with E-state index in [9.17, 15) is 15.0 Å². The van der Waals surface area contributed by atoms with Gasteiger partial charge in [0.1, 0.15) is 0 Å². The van der Waals surface area contributed by atoms with Crippen molar-refractivity contribution >= 4 is 5.97 Å². The Morgan fingerprint density at radius 3 is 2.32 bits per heavy atom. The molecule has 0 radical (unpaired) electrons. The van der Waals surface area contributed by atoms with Crippen LogP contribution in [0.5, 0.6) is 0 Å². The number of aliphatic carboxylic acids is 1. The van der Waals surface area contributed by atoms with Gasteiger partial charge in [0.05, 0.1) is 0 Å². The van der Waals surface area contributed by atoms with Gasteiger partial charge in [0.25, 0.3) is 0 Å². The summed E-state index contributed by atoms with van der Waals surface area (Å²) < 4.78 is 0. The molecule has 4 aliphatic carbocycles. The van der Waals surface area contributed by atoms with Crippen molar-refractivity contribution in [3.63, 3.8) is 0 Å². The fourth-order valence-electron chi connectivity index (χ4n) is 10.2. The summed E-state index contributed by atoms with van der Waals surface area (Å²) >= 11 is 0. The molecule has 8 atom stereocenters. The number of allylic oxidation sites excluding steroid dienone is 2. The molecule has 0 amide bonds. The van der Waals surface area contributed by atoms with Crippen molar-refractivity contribution in [2.75, 3.05) is 6.61 Å². The molecule has 0 aromatic heterocycles. The Morgan fingerprint density at radius 1 is 1.03 bits per heavy atom. The second-order valence-corrected chi connectivity index (χ2v) is 13.7. The molecule has 0 aromatic carbocycles. The van der Waals surface area contributed by atoms with Gasteiger partial charge < -0.3 is 10.2 Å². The van der Waals surface area contributed by atoms with Crippen molar-refractivity contribution in [3.8, 4) is 0 Å². The molecular weight excluding hydrogens is 420 g/mol. The normalized spacial score (nSPS) is 43.6. The van der Waals surface area contributed by atoms with Crippen molar-refractivity contribution in [1.29, 1.82) is 0 Å². The summed E-state index contributed by atoms with van der Waals surface area (Å²) in [6.07, 6.45) is 11.8. The maximum atomic E-state index is 11.6. The minimum absolute atomic E-state index is 0.161. The number of hydrogen-bond donors (Lipinski definition) is 2. The predicted octanol–water partition coefficient (Wildman–Crippen LogP) is 7.65. The van der Waals surface area contributed by atoms with Crippen LogP contribution in [-0.4, -0.2) is 22.8 Å². The summed E-state index contributed by atoms with van der Waals surface area (Å²) in [6, 6.07) is 0. The standard InChI is InChI=1S/C31H50O3/c1-20(2)22(5)8-9-23(18-32)25-12-14-29(7)26-11-10-24(21(3)4)30(15-13-27(33)34)19-31(26,30)17-16-28(25,29)6/h20,23-26,32H,3,5,8-19H2,1-2,4,6-7H3,(H,33,34)/t23-,24-,25+,26-,28+,29-,30+,31-/m0/s1. The van der Waals surface area contributed by atoms with Crippen molar-refractivity contribution in [1.82, 2.24) is 0 Å². The molecule has 4 aliphatic rings. The molecule has 4 fully saturated rings. The van der Waals surface area contributed by atoms with Gasteiger partial charge in [-0.2, -0.15) is 0 Å². The lowest BCUT2D eigenvalue weighted by Gasteiger charge is -2.61. The van der Waals surface area contributed by atoms with E-state index in [1.807, 2.05) is 0 Å². The van der Waals surface area contributed by atoms with E-state index in [0.29, 0.717) is 41.4 Å². The molecule has 4 rings (SSSR count). The van der Waals surface area contributed by atoms with E-state index < -0.39 is 5.97 Å². The monoisotopic (exact) mass is 470 g/mol. The summed E-state index contributed by atoms with van der Waals surface area (Å²) in [5, 5.41) is 20.0. The van der Waals surface area contributed by atoms with Crippen molar-refractivity contribution in [2.45, 2.75) is 105 Å². The molecule has 4 saturated carbocycles. The lowest BCUT2D eigenvalue weighted by atomic mass is 9.43. The lowest BCUT2D eigenvalue weighted by Crippen LogP contribution is -2.54. The first-order valence-electron chi connectivity index (χ1n) is 14.0. The number of carboxylic acid groups (broad SMARTS) is 1. The molecule has 0 unspecified atom stereocenters. The third-order valence-corrected chi connectivity index (χ3v) is 12.4. The van der Waals surface area contributed by atoms with Gasteiger partial charge in [0, 0.05) is 13.0 Å². The SMILES string of the molecule is C=C(CC[C@@H](CO)[C@H]1CC[C@@]2(C)[C@@H]3CC[C@@H](C(=C)C)[C@@]4(CCC(=O)O)C[C@@]34CC[C@]12C)C(C)C. The van der Waals surface area contributed by atoms with Gasteiger partial charge in [-0.05, 0) is 122 Å². The van der Waals surface area contributed by atoms with Gasteiger partial charge in [0.15, 0.2) is 0 Å². The lowest BCUT2D eigenvalue weighted by molar-refractivity contribution is -0.139. The molecule has 3 heteroatoms. The summed E-state index contributed by atoms with van der Waals surface area (Å²) in [5.41, 5.74) is 3.60. The first-order chi connectivity index (χ1) is 15.9. The summed E-state index contributed by atoms with van der Waals surface area (Å²) in [6.45, 7) is 20.7. The fraction of sp³-hybridized carbons (Fsp3) is 0.839. The van der Waals surface area contributed by atoms with E-state index in [4.69, 9.17) is 0 Å². The average Bonchev–Trinajstić information content (AvgIpc) is 3.37. The molecule has 0 aliphatic heterocycles. The highest BCUT2D eigenvalue weighted by Crippen LogP contribution is 2.87. The first kappa shape index (κ1) is 26.0. The molecule has 1 spiro atoms. The first-order valence-corrected chi connectivity index (χ1v) is 14.0. The summed E-state index contributed by atoms with van der Waals surface area (Å²) in [4.78, 5) is 11.6. The van der Waals surface area contributed by atoms with Crippen LogP contribution in [0.1, 0.15) is 105 Å². The van der Waals surface area contributed by atoms with Crippen LogP contribution in [-0.2, 0) is 4.79 Å². The maximum Gasteiger partial charge on any atom is 0.303 e. The number of fused-ring (bicyclic) bond motifs is 2. The molecule has 0 heterocycles. The smallest absolute Gasteiger partial charge is 0.303 e. The van der Waals surface area contributed by atoms with Crippen molar-refractivity contribution in [2.24, 2.45) is 51.2 Å². The van der Waals surface area contributed by atoms with Gasteiger partial charge in [-0.1, -0.05) is 52.0 Å². The highest BCUT2D eigenvalue weighted by Gasteiger charge is 2.80. The zero-order chi connectivity index (χ0) is 25.1. The average molecular weight is 471 g/mol. The number of carbonyl (C=O) groups is 1. The van der Waals surface area contributed by atoms with E-state index in [2.05, 4.69) is 47.8 Å². The third-order valence-electron chi connectivity index (χ3n) is 12.4. The molecule has 192 valence electrons. The third kappa shape index (κ3) is 3.58. The van der Waals surface area contributed by atoms with E-state index in [1.54, 1.807) is 0 Å². The Hall–Kier alpha value is -1.09. The zero-order valence-electron chi connectivity index (χ0n) is 22.6. The Balaban J connectivity index is 1.60. The Kier molecular flexibility index (Phi) is 6.71. The summed E-state index contributed by atoms with van der Waals surface area (Å²) in [5.74, 6) is 1.96. The Bertz CT molecular complexity index is 844. The number of rotatable bonds is 10. The van der Waals surface area contributed by atoms with Crippen LogP contribution in [0.4, 0.5) is 0 Å². The molecule has 3 nitrogen and oxygen atoms in total. The molecule has 0 bridgehead atoms. The van der Waals surface area contributed by atoms with E-state index in [1.165, 1.54) is 56.1 Å². The second-order valence-electron chi connectivity index (χ2n) is 13.7. The predicted molar refractivity (Wildman–Crippen MR) is 139 cm³/mol. The van der Waals surface area contributed by atoms with Gasteiger partial charge in [0.2, 0.25) is 0 Å². The highest BCUT2D eigenvalue weighted by atomic mass is 16.4. The molecule has 0 saturated heterocycles. The number of aliphatic hydroxyl groups is 1.